The zero-order valence-electron chi connectivity index (χ0n) is 16.9. The molecule has 1 aromatic heterocycles. The Hall–Kier alpha value is -2.28. The highest BCUT2D eigenvalue weighted by Crippen LogP contribution is 2.35. The van der Waals surface area contributed by atoms with Crippen LogP contribution in [0.4, 0.5) is 4.39 Å². The molecule has 1 aromatic carbocycles. The number of benzene rings is 1. The molecule has 2 unspecified atom stereocenters. The van der Waals surface area contributed by atoms with Gasteiger partial charge in [0.1, 0.15) is 17.5 Å². The van der Waals surface area contributed by atoms with E-state index in [0.717, 1.165) is 43.3 Å². The Labute approximate surface area is 170 Å². The molecular formula is C22H28FN5O. The van der Waals surface area contributed by atoms with Gasteiger partial charge in [-0.1, -0.05) is 25.0 Å². The van der Waals surface area contributed by atoms with Crippen molar-refractivity contribution in [3.05, 3.63) is 47.3 Å². The molecule has 2 atom stereocenters. The maximum absolute atomic E-state index is 13.2. The van der Waals surface area contributed by atoms with Crippen LogP contribution in [0, 0.1) is 5.82 Å². The summed E-state index contributed by atoms with van der Waals surface area (Å²) < 4.78 is 15.5. The van der Waals surface area contributed by atoms with Crippen molar-refractivity contribution in [2.45, 2.75) is 70.1 Å². The number of carbonyl (C=O) groups excluding carboxylic acids is 1. The lowest BCUT2D eigenvalue weighted by Gasteiger charge is -2.33. The van der Waals surface area contributed by atoms with Crippen molar-refractivity contribution in [2.24, 2.45) is 0 Å². The van der Waals surface area contributed by atoms with E-state index in [2.05, 4.69) is 19.7 Å². The summed E-state index contributed by atoms with van der Waals surface area (Å²) in [6.07, 6.45) is 5.85. The van der Waals surface area contributed by atoms with Gasteiger partial charge in [-0.3, -0.25) is 9.69 Å². The third-order valence-corrected chi connectivity index (χ3v) is 7.00. The lowest BCUT2D eigenvalue weighted by atomic mass is 10.1. The van der Waals surface area contributed by atoms with Gasteiger partial charge in [-0.2, -0.15) is 0 Å². The first-order chi connectivity index (χ1) is 14.1. The van der Waals surface area contributed by atoms with Crippen molar-refractivity contribution < 1.29 is 9.18 Å². The standard InChI is InChI=1S/C22H28FN5O/c1-15(16-6-8-18(23)9-7-16)27-11-10-19(22(27)29)26-12-13-28-20(14-26)24-25-21(28)17-4-2-3-5-17/h6-9,15,17,19H,2-5,10-14H2,1H3. The highest BCUT2D eigenvalue weighted by Gasteiger charge is 2.40. The van der Waals surface area contributed by atoms with Gasteiger partial charge in [0.2, 0.25) is 5.91 Å². The molecule has 3 heterocycles. The molecule has 1 aliphatic carbocycles. The van der Waals surface area contributed by atoms with Crippen LogP contribution in [0.1, 0.15) is 68.2 Å². The normalized spacial score (nSPS) is 24.3. The number of rotatable bonds is 4. The summed E-state index contributed by atoms with van der Waals surface area (Å²) in [6.45, 7) is 5.17. The fraction of sp³-hybridized carbons (Fsp3) is 0.591. The minimum Gasteiger partial charge on any atom is -0.335 e. The zero-order valence-corrected chi connectivity index (χ0v) is 16.9. The molecule has 2 aromatic rings. The molecule has 1 amide bonds. The minimum absolute atomic E-state index is 0.0458. The molecule has 0 bridgehead atoms. The van der Waals surface area contributed by atoms with Gasteiger partial charge in [-0.05, 0) is 43.9 Å². The first-order valence-corrected chi connectivity index (χ1v) is 10.8. The second-order valence-electron chi connectivity index (χ2n) is 8.64. The average molecular weight is 397 g/mol. The number of amides is 1. The van der Waals surface area contributed by atoms with Crippen LogP contribution < -0.4 is 0 Å². The molecule has 0 radical (unpaired) electrons. The monoisotopic (exact) mass is 397 g/mol. The molecule has 2 aliphatic heterocycles. The number of likely N-dealkylation sites (tertiary alicyclic amines) is 1. The van der Waals surface area contributed by atoms with E-state index >= 15 is 0 Å². The van der Waals surface area contributed by atoms with Crippen LogP contribution in [-0.4, -0.2) is 49.6 Å². The molecule has 0 N–H and O–H groups in total. The van der Waals surface area contributed by atoms with Gasteiger partial charge >= 0.3 is 0 Å². The van der Waals surface area contributed by atoms with Crippen LogP contribution >= 0.6 is 0 Å². The number of carbonyl (C=O) groups is 1. The Morgan fingerprint density at radius 2 is 1.79 bits per heavy atom. The zero-order chi connectivity index (χ0) is 20.0. The third kappa shape index (κ3) is 3.35. The maximum Gasteiger partial charge on any atom is 0.240 e. The molecule has 0 spiro atoms. The fourth-order valence-corrected chi connectivity index (χ4v) is 5.28. The third-order valence-electron chi connectivity index (χ3n) is 7.00. The molecule has 1 saturated heterocycles. The number of halogens is 1. The second kappa shape index (κ2) is 7.52. The van der Waals surface area contributed by atoms with Crippen molar-refractivity contribution in [3.63, 3.8) is 0 Å². The molecule has 154 valence electrons. The Morgan fingerprint density at radius 3 is 2.55 bits per heavy atom. The van der Waals surface area contributed by atoms with Gasteiger partial charge in [0.15, 0.2) is 0 Å². The smallest absolute Gasteiger partial charge is 0.240 e. The van der Waals surface area contributed by atoms with Crippen molar-refractivity contribution in [3.8, 4) is 0 Å². The van der Waals surface area contributed by atoms with Gasteiger partial charge < -0.3 is 9.47 Å². The van der Waals surface area contributed by atoms with E-state index in [1.54, 1.807) is 12.1 Å². The van der Waals surface area contributed by atoms with Gasteiger partial charge in [0, 0.05) is 25.6 Å². The molecular weight excluding hydrogens is 369 g/mol. The van der Waals surface area contributed by atoms with Crippen molar-refractivity contribution in [1.82, 2.24) is 24.6 Å². The van der Waals surface area contributed by atoms with E-state index in [-0.39, 0.29) is 23.8 Å². The van der Waals surface area contributed by atoms with Crippen molar-refractivity contribution in [1.29, 1.82) is 0 Å². The van der Waals surface area contributed by atoms with E-state index in [9.17, 15) is 9.18 Å². The van der Waals surface area contributed by atoms with E-state index in [1.807, 2.05) is 11.8 Å². The predicted octanol–water partition coefficient (Wildman–Crippen LogP) is 3.25. The van der Waals surface area contributed by atoms with Crippen molar-refractivity contribution >= 4 is 5.91 Å². The lowest BCUT2D eigenvalue weighted by molar-refractivity contribution is -0.134. The topological polar surface area (TPSA) is 54.3 Å². The number of hydrogen-bond acceptors (Lipinski definition) is 4. The maximum atomic E-state index is 13.2. The summed E-state index contributed by atoms with van der Waals surface area (Å²) in [7, 11) is 0. The molecule has 7 heteroatoms. The van der Waals surface area contributed by atoms with Gasteiger partial charge in [-0.15, -0.1) is 10.2 Å². The molecule has 6 nitrogen and oxygen atoms in total. The van der Waals surface area contributed by atoms with Crippen LogP contribution in [0.2, 0.25) is 0 Å². The van der Waals surface area contributed by atoms with E-state index in [0.29, 0.717) is 12.5 Å². The predicted molar refractivity (Wildman–Crippen MR) is 107 cm³/mol. The molecule has 3 aliphatic rings. The lowest BCUT2D eigenvalue weighted by Crippen LogP contribution is -2.46. The number of fused-ring (bicyclic) bond motifs is 1. The molecule has 29 heavy (non-hydrogen) atoms. The van der Waals surface area contributed by atoms with Gasteiger partial charge in [0.25, 0.3) is 0 Å². The molecule has 1 saturated carbocycles. The van der Waals surface area contributed by atoms with Crippen LogP contribution in [0.15, 0.2) is 24.3 Å². The Bertz CT molecular complexity index is 889. The molecule has 2 fully saturated rings. The minimum atomic E-state index is -0.249. The van der Waals surface area contributed by atoms with Gasteiger partial charge in [0.05, 0.1) is 18.6 Å². The largest absolute Gasteiger partial charge is 0.335 e. The van der Waals surface area contributed by atoms with Crippen LogP contribution in [0.3, 0.4) is 0 Å². The average Bonchev–Trinajstić information content (AvgIpc) is 3.47. The Kier molecular flexibility index (Phi) is 4.86. The summed E-state index contributed by atoms with van der Waals surface area (Å²) in [4.78, 5) is 17.4. The first kappa shape index (κ1) is 18.7. The van der Waals surface area contributed by atoms with Crippen LogP contribution in [0.5, 0.6) is 0 Å². The summed E-state index contributed by atoms with van der Waals surface area (Å²) in [5.41, 5.74) is 0.972. The summed E-state index contributed by atoms with van der Waals surface area (Å²) in [5, 5.41) is 8.98. The summed E-state index contributed by atoms with van der Waals surface area (Å²) >= 11 is 0. The SMILES string of the molecule is CC(c1ccc(F)cc1)N1CCC(N2CCn3c(nnc3C3CCCC3)C2)C1=O. The highest BCUT2D eigenvalue weighted by molar-refractivity contribution is 5.84. The molecule has 5 rings (SSSR count). The Balaban J connectivity index is 1.28. The van der Waals surface area contributed by atoms with E-state index < -0.39 is 0 Å². The summed E-state index contributed by atoms with van der Waals surface area (Å²) in [6, 6.07) is 6.32. The van der Waals surface area contributed by atoms with E-state index in [1.165, 1.54) is 37.8 Å². The van der Waals surface area contributed by atoms with Crippen molar-refractivity contribution in [2.75, 3.05) is 13.1 Å². The van der Waals surface area contributed by atoms with Crippen LogP contribution in [-0.2, 0) is 17.9 Å². The summed E-state index contributed by atoms with van der Waals surface area (Å²) in [5.74, 6) is 2.63. The fourth-order valence-electron chi connectivity index (χ4n) is 5.28. The van der Waals surface area contributed by atoms with E-state index in [4.69, 9.17) is 0 Å². The number of nitrogens with zero attached hydrogens (tertiary/aromatic N) is 5. The number of hydrogen-bond donors (Lipinski definition) is 0. The Morgan fingerprint density at radius 1 is 1.03 bits per heavy atom. The van der Waals surface area contributed by atoms with Gasteiger partial charge in [-0.25, -0.2) is 4.39 Å². The number of aromatic nitrogens is 3. The second-order valence-corrected chi connectivity index (χ2v) is 8.64. The van der Waals surface area contributed by atoms with Crippen LogP contribution in [0.25, 0.3) is 0 Å². The first-order valence-electron chi connectivity index (χ1n) is 10.8. The highest BCUT2D eigenvalue weighted by atomic mass is 19.1. The quantitative estimate of drug-likeness (QED) is 0.795.